The van der Waals surface area contributed by atoms with Crippen LogP contribution in [0.4, 0.5) is 17.6 Å². The second-order valence-corrected chi connectivity index (χ2v) is 7.99. The molecule has 4 aromatic carbocycles. The monoisotopic (exact) mass is 446 g/mol. The minimum absolute atomic E-state index is 0.262. The van der Waals surface area contributed by atoms with Crippen molar-refractivity contribution in [2.45, 2.75) is 32.4 Å². The lowest BCUT2D eigenvalue weighted by Gasteiger charge is -2.10. The lowest BCUT2D eigenvalue weighted by atomic mass is 9.98. The molecule has 0 amide bonds. The summed E-state index contributed by atoms with van der Waals surface area (Å²) in [5, 5.41) is 1.09. The van der Waals surface area contributed by atoms with Crippen LogP contribution in [-0.2, 0) is 12.6 Å². The van der Waals surface area contributed by atoms with Gasteiger partial charge in [0.25, 0.3) is 0 Å². The molecule has 166 valence electrons. The molecule has 0 atom stereocenters. The topological polar surface area (TPSA) is 0 Å². The van der Waals surface area contributed by atoms with Crippen LogP contribution in [0.5, 0.6) is 0 Å². The Morgan fingerprint density at radius 2 is 1.42 bits per heavy atom. The van der Waals surface area contributed by atoms with E-state index in [0.717, 1.165) is 36.1 Å². The zero-order chi connectivity index (χ0) is 23.4. The first kappa shape index (κ1) is 22.6. The highest BCUT2D eigenvalue weighted by Gasteiger charge is 2.30. The Labute approximate surface area is 190 Å². The second kappa shape index (κ2) is 9.50. The van der Waals surface area contributed by atoms with Crippen molar-refractivity contribution in [3.8, 4) is 23.0 Å². The highest BCUT2D eigenvalue weighted by atomic mass is 19.4. The number of fused-ring (bicyclic) bond motifs is 1. The van der Waals surface area contributed by atoms with Crippen LogP contribution in [0.15, 0.2) is 78.9 Å². The zero-order valence-electron chi connectivity index (χ0n) is 18.1. The Bertz CT molecular complexity index is 1320. The van der Waals surface area contributed by atoms with E-state index in [1.54, 1.807) is 24.3 Å². The van der Waals surface area contributed by atoms with Crippen molar-refractivity contribution in [2.75, 3.05) is 0 Å². The van der Waals surface area contributed by atoms with E-state index in [1.165, 1.54) is 24.1 Å². The van der Waals surface area contributed by atoms with Gasteiger partial charge in [0.05, 0.1) is 5.56 Å². The first-order valence-corrected chi connectivity index (χ1v) is 10.9. The summed E-state index contributed by atoms with van der Waals surface area (Å²) in [6, 6.07) is 21.3. The first-order valence-electron chi connectivity index (χ1n) is 10.9. The van der Waals surface area contributed by atoms with Crippen molar-refractivity contribution in [1.82, 2.24) is 0 Å². The molecule has 0 aliphatic rings. The van der Waals surface area contributed by atoms with Gasteiger partial charge >= 0.3 is 6.18 Å². The van der Waals surface area contributed by atoms with E-state index in [4.69, 9.17) is 0 Å². The summed E-state index contributed by atoms with van der Waals surface area (Å²) < 4.78 is 53.5. The van der Waals surface area contributed by atoms with Gasteiger partial charge in [0.15, 0.2) is 0 Å². The van der Waals surface area contributed by atoms with Crippen LogP contribution in [0.3, 0.4) is 0 Å². The molecule has 0 unspecified atom stereocenters. The number of aryl methyl sites for hydroxylation is 1. The van der Waals surface area contributed by atoms with Crippen LogP contribution in [0, 0.1) is 17.7 Å². The standard InChI is InChI=1S/C29H22F4/c1-2-3-4-20-5-7-21(8-6-20)9-10-22-11-17-27-24(19-22)14-18-26(28(27)30)23-12-15-25(16-13-23)29(31,32)33/h5-8,11-19H,2-4H2,1H3. The minimum atomic E-state index is -4.42. The molecule has 0 nitrogen and oxygen atoms in total. The fourth-order valence-corrected chi connectivity index (χ4v) is 3.71. The molecule has 0 aliphatic heterocycles. The highest BCUT2D eigenvalue weighted by molar-refractivity contribution is 5.89. The van der Waals surface area contributed by atoms with E-state index in [-0.39, 0.29) is 5.56 Å². The van der Waals surface area contributed by atoms with Crippen LogP contribution in [-0.4, -0.2) is 0 Å². The van der Waals surface area contributed by atoms with Crippen LogP contribution >= 0.6 is 0 Å². The SMILES string of the molecule is CCCCc1ccc(C#Cc2ccc3c(F)c(-c4ccc(C(F)(F)F)cc4)ccc3c2)cc1. The van der Waals surface area contributed by atoms with Gasteiger partial charge in [0.1, 0.15) is 5.82 Å². The highest BCUT2D eigenvalue weighted by Crippen LogP contribution is 2.33. The Morgan fingerprint density at radius 3 is 2.09 bits per heavy atom. The minimum Gasteiger partial charge on any atom is -0.206 e. The van der Waals surface area contributed by atoms with Crippen LogP contribution in [0.25, 0.3) is 21.9 Å². The largest absolute Gasteiger partial charge is 0.416 e. The second-order valence-electron chi connectivity index (χ2n) is 7.99. The molecule has 0 spiro atoms. The lowest BCUT2D eigenvalue weighted by Crippen LogP contribution is -2.04. The quantitative estimate of drug-likeness (QED) is 0.218. The van der Waals surface area contributed by atoms with Gasteiger partial charge in [-0.15, -0.1) is 0 Å². The van der Waals surface area contributed by atoms with Crippen LogP contribution < -0.4 is 0 Å². The Hall–Kier alpha value is -3.58. The average Bonchev–Trinajstić information content (AvgIpc) is 2.82. The van der Waals surface area contributed by atoms with E-state index in [9.17, 15) is 13.2 Å². The summed E-state index contributed by atoms with van der Waals surface area (Å²) in [4.78, 5) is 0. The number of hydrogen-bond donors (Lipinski definition) is 0. The molecule has 33 heavy (non-hydrogen) atoms. The summed E-state index contributed by atoms with van der Waals surface area (Å²) in [5.74, 6) is 5.80. The maximum Gasteiger partial charge on any atom is 0.416 e. The number of rotatable bonds is 4. The van der Waals surface area contributed by atoms with E-state index in [1.807, 2.05) is 18.2 Å². The molecule has 0 aromatic heterocycles. The zero-order valence-corrected chi connectivity index (χ0v) is 18.1. The Kier molecular flexibility index (Phi) is 6.51. The van der Waals surface area contributed by atoms with Gasteiger partial charge in [-0.2, -0.15) is 13.2 Å². The molecule has 0 saturated heterocycles. The average molecular weight is 446 g/mol. The van der Waals surface area contributed by atoms with Gasteiger partial charge in [-0.05, 0) is 65.8 Å². The van der Waals surface area contributed by atoms with Crippen molar-refractivity contribution in [3.63, 3.8) is 0 Å². The van der Waals surface area contributed by atoms with Gasteiger partial charge in [0.2, 0.25) is 0 Å². The van der Waals surface area contributed by atoms with E-state index in [0.29, 0.717) is 16.3 Å². The molecule has 4 heteroatoms. The van der Waals surface area contributed by atoms with Crippen molar-refractivity contribution in [1.29, 1.82) is 0 Å². The van der Waals surface area contributed by atoms with Crippen molar-refractivity contribution in [2.24, 2.45) is 0 Å². The fourth-order valence-electron chi connectivity index (χ4n) is 3.71. The van der Waals surface area contributed by atoms with Crippen molar-refractivity contribution < 1.29 is 17.6 Å². The molecule has 0 aliphatic carbocycles. The summed E-state index contributed by atoms with van der Waals surface area (Å²) in [6.07, 6.45) is -1.03. The number of unbranched alkanes of at least 4 members (excludes halogenated alkanes) is 1. The van der Waals surface area contributed by atoms with E-state index < -0.39 is 17.6 Å². The number of halogens is 4. The smallest absolute Gasteiger partial charge is 0.206 e. The van der Waals surface area contributed by atoms with Gasteiger partial charge in [-0.25, -0.2) is 4.39 Å². The molecule has 0 heterocycles. The van der Waals surface area contributed by atoms with Crippen molar-refractivity contribution in [3.05, 3.63) is 107 Å². The third kappa shape index (κ3) is 5.26. The van der Waals surface area contributed by atoms with Crippen LogP contribution in [0.1, 0.15) is 42.0 Å². The third-order valence-corrected chi connectivity index (χ3v) is 5.60. The molecule has 4 rings (SSSR count). The molecule has 0 radical (unpaired) electrons. The van der Waals surface area contributed by atoms with E-state index >= 15 is 4.39 Å². The van der Waals surface area contributed by atoms with Crippen LogP contribution in [0.2, 0.25) is 0 Å². The third-order valence-electron chi connectivity index (χ3n) is 5.60. The maximum absolute atomic E-state index is 15.1. The molecule has 0 N–H and O–H groups in total. The number of hydrogen-bond acceptors (Lipinski definition) is 0. The lowest BCUT2D eigenvalue weighted by molar-refractivity contribution is -0.137. The van der Waals surface area contributed by atoms with E-state index in [2.05, 4.69) is 30.9 Å². The fraction of sp³-hybridized carbons (Fsp3) is 0.172. The normalized spacial score (nSPS) is 11.3. The summed E-state index contributed by atoms with van der Waals surface area (Å²) in [7, 11) is 0. The maximum atomic E-state index is 15.1. The van der Waals surface area contributed by atoms with Gasteiger partial charge in [-0.3, -0.25) is 0 Å². The molecule has 0 saturated carbocycles. The Morgan fingerprint density at radius 1 is 0.758 bits per heavy atom. The molecular weight excluding hydrogens is 424 g/mol. The first-order chi connectivity index (χ1) is 15.8. The summed E-state index contributed by atoms with van der Waals surface area (Å²) >= 11 is 0. The molecule has 0 bridgehead atoms. The molecule has 4 aromatic rings. The van der Waals surface area contributed by atoms with Gasteiger partial charge in [0, 0.05) is 22.1 Å². The van der Waals surface area contributed by atoms with Gasteiger partial charge < -0.3 is 0 Å². The van der Waals surface area contributed by atoms with Gasteiger partial charge in [-0.1, -0.05) is 67.6 Å². The summed E-state index contributed by atoms with van der Waals surface area (Å²) in [6.45, 7) is 2.17. The number of benzene rings is 4. The number of alkyl halides is 3. The Balaban J connectivity index is 1.58. The molecule has 0 fully saturated rings. The predicted octanol–water partition coefficient (Wildman–Crippen LogP) is 8.41. The predicted molar refractivity (Wildman–Crippen MR) is 125 cm³/mol. The van der Waals surface area contributed by atoms with Crippen molar-refractivity contribution >= 4 is 10.8 Å². The summed E-state index contributed by atoms with van der Waals surface area (Å²) in [5.41, 5.74) is 2.88. The molecular formula is C29H22F4.